The molecule has 0 aromatic carbocycles. The van der Waals surface area contributed by atoms with Crippen LogP contribution in [0.25, 0.3) is 0 Å². The first kappa shape index (κ1) is 8.02. The average molecular weight is 143 g/mol. The summed E-state index contributed by atoms with van der Waals surface area (Å²) >= 11 is 0. The highest BCUT2D eigenvalue weighted by atomic mass is 16.5. The number of nitrogens with one attached hydrogen (secondary N) is 1. The lowest BCUT2D eigenvalue weighted by atomic mass is 10.1. The predicted octanol–water partition coefficient (Wildman–Crippen LogP) is 1.17. The zero-order valence-electron chi connectivity index (χ0n) is 6.73. The molecule has 1 saturated heterocycles. The van der Waals surface area contributed by atoms with Gasteiger partial charge in [0.15, 0.2) is 0 Å². The predicted molar refractivity (Wildman–Crippen MR) is 42.1 cm³/mol. The average Bonchev–Trinajstić information content (AvgIpc) is 2.03. The summed E-state index contributed by atoms with van der Waals surface area (Å²) in [5.74, 6) is 0. The van der Waals surface area contributed by atoms with Crippen LogP contribution in [0, 0.1) is 0 Å². The molecule has 2 nitrogen and oxygen atoms in total. The summed E-state index contributed by atoms with van der Waals surface area (Å²) in [6, 6.07) is 0.633. The van der Waals surface area contributed by atoms with Crippen molar-refractivity contribution in [3.63, 3.8) is 0 Å². The summed E-state index contributed by atoms with van der Waals surface area (Å²) in [6.45, 7) is 5.07. The van der Waals surface area contributed by atoms with Gasteiger partial charge in [0.2, 0.25) is 0 Å². The smallest absolute Gasteiger partial charge is 0.0620 e. The maximum Gasteiger partial charge on any atom is 0.0620 e. The Morgan fingerprint density at radius 3 is 3.10 bits per heavy atom. The van der Waals surface area contributed by atoms with Crippen molar-refractivity contribution in [1.82, 2.24) is 5.32 Å². The molecule has 1 N–H and O–H groups in total. The molecule has 1 heterocycles. The fourth-order valence-electron chi connectivity index (χ4n) is 1.26. The lowest BCUT2D eigenvalue weighted by Crippen LogP contribution is -2.40. The zero-order chi connectivity index (χ0) is 7.23. The van der Waals surface area contributed by atoms with Gasteiger partial charge in [0, 0.05) is 12.6 Å². The molecule has 1 unspecified atom stereocenters. The summed E-state index contributed by atoms with van der Waals surface area (Å²) in [4.78, 5) is 0. The van der Waals surface area contributed by atoms with E-state index in [0.717, 1.165) is 19.8 Å². The molecule has 0 spiro atoms. The lowest BCUT2D eigenvalue weighted by molar-refractivity contribution is 0.0735. The van der Waals surface area contributed by atoms with E-state index in [1.54, 1.807) is 0 Å². The Morgan fingerprint density at radius 1 is 1.60 bits per heavy atom. The van der Waals surface area contributed by atoms with Crippen LogP contribution in [0.5, 0.6) is 0 Å². The number of hydrogen-bond donors (Lipinski definition) is 1. The Labute approximate surface area is 63.0 Å². The summed E-state index contributed by atoms with van der Waals surface area (Å²) in [5, 5.41) is 3.43. The molecule has 1 atom stereocenters. The van der Waals surface area contributed by atoms with E-state index in [1.165, 1.54) is 19.3 Å². The molecule has 1 aliphatic heterocycles. The minimum atomic E-state index is 0.633. The molecule has 1 rings (SSSR count). The van der Waals surface area contributed by atoms with Gasteiger partial charge < -0.3 is 10.1 Å². The second-order valence-electron chi connectivity index (χ2n) is 2.87. The summed E-state index contributed by atoms with van der Waals surface area (Å²) in [5.41, 5.74) is 0. The first-order chi connectivity index (χ1) is 4.93. The normalized spacial score (nSPS) is 26.7. The van der Waals surface area contributed by atoms with Gasteiger partial charge in [0.25, 0.3) is 0 Å². The molecule has 0 aromatic rings. The summed E-state index contributed by atoms with van der Waals surface area (Å²) in [6.07, 6.45) is 3.88. The highest BCUT2D eigenvalue weighted by molar-refractivity contribution is 4.69. The van der Waals surface area contributed by atoms with Crippen LogP contribution in [-0.4, -0.2) is 25.8 Å². The van der Waals surface area contributed by atoms with Crippen molar-refractivity contribution in [2.45, 2.75) is 32.2 Å². The third-order valence-corrected chi connectivity index (χ3v) is 1.90. The molecule has 1 fully saturated rings. The van der Waals surface area contributed by atoms with Crippen molar-refractivity contribution in [3.8, 4) is 0 Å². The number of morpholine rings is 1. The molecule has 0 radical (unpaired) electrons. The first-order valence-corrected chi connectivity index (χ1v) is 4.24. The monoisotopic (exact) mass is 143 g/mol. The maximum atomic E-state index is 5.32. The van der Waals surface area contributed by atoms with Crippen LogP contribution in [0.1, 0.15) is 26.2 Å². The van der Waals surface area contributed by atoms with Crippen LogP contribution < -0.4 is 5.32 Å². The van der Waals surface area contributed by atoms with Gasteiger partial charge in [-0.1, -0.05) is 19.8 Å². The van der Waals surface area contributed by atoms with Gasteiger partial charge in [-0.2, -0.15) is 0 Å². The topological polar surface area (TPSA) is 21.3 Å². The van der Waals surface area contributed by atoms with E-state index in [1.807, 2.05) is 0 Å². The van der Waals surface area contributed by atoms with Crippen LogP contribution >= 0.6 is 0 Å². The Hall–Kier alpha value is -0.0800. The van der Waals surface area contributed by atoms with Gasteiger partial charge in [-0.05, 0) is 6.42 Å². The number of unbranched alkanes of at least 4 members (excludes halogenated alkanes) is 1. The molecule has 0 amide bonds. The molecule has 1 aliphatic rings. The fraction of sp³-hybridized carbons (Fsp3) is 1.00. The second kappa shape index (κ2) is 4.69. The van der Waals surface area contributed by atoms with Crippen molar-refractivity contribution < 1.29 is 4.74 Å². The van der Waals surface area contributed by atoms with Crippen LogP contribution in [0.2, 0.25) is 0 Å². The van der Waals surface area contributed by atoms with Gasteiger partial charge in [0.05, 0.1) is 13.2 Å². The lowest BCUT2D eigenvalue weighted by Gasteiger charge is -2.23. The van der Waals surface area contributed by atoms with Crippen LogP contribution in [0.15, 0.2) is 0 Å². The van der Waals surface area contributed by atoms with Crippen molar-refractivity contribution in [2.24, 2.45) is 0 Å². The maximum absolute atomic E-state index is 5.32. The molecule has 0 saturated carbocycles. The number of hydrogen-bond acceptors (Lipinski definition) is 2. The standard InChI is InChI=1S/C8H17NO/c1-2-3-4-8-7-10-6-5-9-8/h8-9H,2-7H2,1H3. The Balaban J connectivity index is 2.02. The molecule has 0 aromatic heterocycles. The zero-order valence-corrected chi connectivity index (χ0v) is 6.73. The molecule has 2 heteroatoms. The molecule has 10 heavy (non-hydrogen) atoms. The van der Waals surface area contributed by atoms with Gasteiger partial charge in [0.1, 0.15) is 0 Å². The van der Waals surface area contributed by atoms with Crippen LogP contribution in [0.3, 0.4) is 0 Å². The van der Waals surface area contributed by atoms with Crippen molar-refractivity contribution in [1.29, 1.82) is 0 Å². The third-order valence-electron chi connectivity index (χ3n) is 1.90. The van der Waals surface area contributed by atoms with Gasteiger partial charge >= 0.3 is 0 Å². The van der Waals surface area contributed by atoms with Crippen molar-refractivity contribution >= 4 is 0 Å². The van der Waals surface area contributed by atoms with Crippen LogP contribution in [-0.2, 0) is 4.74 Å². The Morgan fingerprint density at radius 2 is 2.50 bits per heavy atom. The molecule has 0 aliphatic carbocycles. The highest BCUT2D eigenvalue weighted by Crippen LogP contribution is 2.03. The van der Waals surface area contributed by atoms with Gasteiger partial charge in [-0.25, -0.2) is 0 Å². The second-order valence-corrected chi connectivity index (χ2v) is 2.87. The minimum Gasteiger partial charge on any atom is -0.379 e. The van der Waals surface area contributed by atoms with E-state index >= 15 is 0 Å². The molecular weight excluding hydrogens is 126 g/mol. The Bertz CT molecular complexity index is 79.3. The van der Waals surface area contributed by atoms with E-state index in [9.17, 15) is 0 Å². The third kappa shape index (κ3) is 2.67. The first-order valence-electron chi connectivity index (χ1n) is 4.24. The Kier molecular flexibility index (Phi) is 3.76. The van der Waals surface area contributed by atoms with Gasteiger partial charge in [-0.15, -0.1) is 0 Å². The highest BCUT2D eigenvalue weighted by Gasteiger charge is 2.10. The molecular formula is C8H17NO. The quantitative estimate of drug-likeness (QED) is 0.640. The van der Waals surface area contributed by atoms with Gasteiger partial charge in [-0.3, -0.25) is 0 Å². The largest absolute Gasteiger partial charge is 0.379 e. The SMILES string of the molecule is CCCCC1COCCN1. The number of rotatable bonds is 3. The van der Waals surface area contributed by atoms with E-state index in [-0.39, 0.29) is 0 Å². The van der Waals surface area contributed by atoms with E-state index in [4.69, 9.17) is 4.74 Å². The van der Waals surface area contributed by atoms with E-state index in [2.05, 4.69) is 12.2 Å². The minimum absolute atomic E-state index is 0.633. The van der Waals surface area contributed by atoms with E-state index < -0.39 is 0 Å². The summed E-state index contributed by atoms with van der Waals surface area (Å²) in [7, 11) is 0. The summed E-state index contributed by atoms with van der Waals surface area (Å²) < 4.78 is 5.32. The van der Waals surface area contributed by atoms with Crippen molar-refractivity contribution in [3.05, 3.63) is 0 Å². The van der Waals surface area contributed by atoms with Crippen molar-refractivity contribution in [2.75, 3.05) is 19.8 Å². The molecule has 60 valence electrons. The van der Waals surface area contributed by atoms with Crippen LogP contribution in [0.4, 0.5) is 0 Å². The number of ether oxygens (including phenoxy) is 1. The molecule has 0 bridgehead atoms. The fourth-order valence-corrected chi connectivity index (χ4v) is 1.26. The van der Waals surface area contributed by atoms with E-state index in [0.29, 0.717) is 6.04 Å².